The Morgan fingerprint density at radius 3 is 2.56 bits per heavy atom. The van der Waals surface area contributed by atoms with Crippen molar-refractivity contribution >= 4 is 23.2 Å². The molecule has 18 heavy (non-hydrogen) atoms. The van der Waals surface area contributed by atoms with Gasteiger partial charge < -0.3 is 15.5 Å². The first-order chi connectivity index (χ1) is 8.43. The van der Waals surface area contributed by atoms with Gasteiger partial charge >= 0.3 is 0 Å². The Bertz CT molecular complexity index is 461. The minimum atomic E-state index is -0.512. The monoisotopic (exact) mass is 253 g/mol. The van der Waals surface area contributed by atoms with Crippen molar-refractivity contribution in [1.29, 1.82) is 0 Å². The molecular formula is C10H15N5O3. The minimum absolute atomic E-state index is 0.0321. The summed E-state index contributed by atoms with van der Waals surface area (Å²) >= 11 is 0. The maximum Gasteiger partial charge on any atom is 0.276 e. The number of likely N-dealkylation sites (N-methyl/N-ethyl adjacent to an activating group) is 1. The second kappa shape index (κ2) is 5.80. The number of amides is 1. The quantitative estimate of drug-likeness (QED) is 0.586. The van der Waals surface area contributed by atoms with E-state index in [1.54, 1.807) is 21.1 Å². The largest absolute Gasteiger partial charge is 0.373 e. The summed E-state index contributed by atoms with van der Waals surface area (Å²) < 4.78 is 0. The molecular weight excluding hydrogens is 238 g/mol. The van der Waals surface area contributed by atoms with Crippen molar-refractivity contribution in [3.05, 3.63) is 22.2 Å². The fourth-order valence-electron chi connectivity index (χ4n) is 1.16. The lowest BCUT2D eigenvalue weighted by Gasteiger charge is -2.11. The van der Waals surface area contributed by atoms with Crippen molar-refractivity contribution < 1.29 is 9.72 Å². The van der Waals surface area contributed by atoms with Gasteiger partial charge in [0.05, 0.1) is 23.6 Å². The maximum absolute atomic E-state index is 11.4. The Morgan fingerprint density at radius 1 is 1.44 bits per heavy atom. The molecule has 0 aliphatic heterocycles. The molecule has 1 rings (SSSR count). The summed E-state index contributed by atoms with van der Waals surface area (Å²) in [5, 5.41) is 16.2. The van der Waals surface area contributed by atoms with E-state index >= 15 is 0 Å². The van der Waals surface area contributed by atoms with E-state index in [1.165, 1.54) is 17.0 Å². The molecule has 1 aromatic rings. The smallest absolute Gasteiger partial charge is 0.276 e. The van der Waals surface area contributed by atoms with Crippen LogP contribution in [0.15, 0.2) is 12.1 Å². The van der Waals surface area contributed by atoms with E-state index in [1.807, 2.05) is 0 Å². The van der Waals surface area contributed by atoms with Gasteiger partial charge in [-0.1, -0.05) is 0 Å². The second-order valence-electron chi connectivity index (χ2n) is 3.74. The topological polar surface area (TPSA) is 100 Å². The minimum Gasteiger partial charge on any atom is -0.373 e. The molecule has 0 fully saturated rings. The van der Waals surface area contributed by atoms with Gasteiger partial charge in [0.2, 0.25) is 5.91 Å². The summed E-state index contributed by atoms with van der Waals surface area (Å²) in [7, 11) is 4.87. The van der Waals surface area contributed by atoms with Gasteiger partial charge in [-0.15, -0.1) is 0 Å². The maximum atomic E-state index is 11.4. The van der Waals surface area contributed by atoms with Crippen LogP contribution in [0, 0.1) is 10.1 Å². The molecule has 1 aromatic heterocycles. The van der Waals surface area contributed by atoms with Crippen LogP contribution in [-0.2, 0) is 4.79 Å². The highest BCUT2D eigenvalue weighted by Gasteiger charge is 2.11. The van der Waals surface area contributed by atoms with Crippen molar-refractivity contribution in [2.45, 2.75) is 0 Å². The van der Waals surface area contributed by atoms with E-state index in [0.717, 1.165) is 0 Å². The van der Waals surface area contributed by atoms with Gasteiger partial charge in [0.1, 0.15) is 11.6 Å². The molecule has 8 heteroatoms. The molecule has 0 saturated heterocycles. The number of nitro groups is 1. The molecule has 0 unspecified atom stereocenters. The van der Waals surface area contributed by atoms with Crippen molar-refractivity contribution in [3.8, 4) is 0 Å². The van der Waals surface area contributed by atoms with E-state index in [9.17, 15) is 14.9 Å². The highest BCUT2D eigenvalue weighted by atomic mass is 16.6. The SMILES string of the molecule is CNc1cc([N+](=O)[O-])cc(NCC(=O)N(C)C)n1. The molecule has 1 amide bonds. The zero-order valence-corrected chi connectivity index (χ0v) is 10.4. The van der Waals surface area contributed by atoms with Gasteiger partial charge in [0, 0.05) is 21.1 Å². The zero-order chi connectivity index (χ0) is 13.7. The van der Waals surface area contributed by atoms with E-state index in [-0.39, 0.29) is 24.0 Å². The van der Waals surface area contributed by atoms with Gasteiger partial charge in [-0.3, -0.25) is 14.9 Å². The lowest BCUT2D eigenvalue weighted by Crippen LogP contribution is -2.28. The summed E-state index contributed by atoms with van der Waals surface area (Å²) in [6, 6.07) is 2.60. The average Bonchev–Trinajstić information content (AvgIpc) is 2.35. The molecule has 0 aliphatic carbocycles. The van der Waals surface area contributed by atoms with E-state index < -0.39 is 4.92 Å². The highest BCUT2D eigenvalue weighted by Crippen LogP contribution is 2.19. The third kappa shape index (κ3) is 3.58. The Labute approximate surface area is 104 Å². The number of hydrogen-bond acceptors (Lipinski definition) is 6. The first-order valence-electron chi connectivity index (χ1n) is 5.22. The van der Waals surface area contributed by atoms with Gasteiger partial charge in [-0.05, 0) is 0 Å². The van der Waals surface area contributed by atoms with E-state index in [4.69, 9.17) is 0 Å². The summed E-state index contributed by atoms with van der Waals surface area (Å²) in [6.07, 6.45) is 0. The number of carbonyl (C=O) groups excluding carboxylic acids is 1. The van der Waals surface area contributed by atoms with Gasteiger partial charge in [0.25, 0.3) is 5.69 Å². The van der Waals surface area contributed by atoms with Crippen LogP contribution in [0.4, 0.5) is 17.3 Å². The molecule has 0 aromatic carbocycles. The normalized spacial score (nSPS) is 9.72. The van der Waals surface area contributed by atoms with Crippen LogP contribution in [0.2, 0.25) is 0 Å². The number of anilines is 2. The van der Waals surface area contributed by atoms with Crippen molar-refractivity contribution in [3.63, 3.8) is 0 Å². The standard InChI is InChI=1S/C10H15N5O3/c1-11-8-4-7(15(17)18)5-9(13-8)12-6-10(16)14(2)3/h4-5H,6H2,1-3H3,(H2,11,12,13). The Morgan fingerprint density at radius 2 is 2.06 bits per heavy atom. The molecule has 0 saturated carbocycles. The van der Waals surface area contributed by atoms with Crippen molar-refractivity contribution in [1.82, 2.24) is 9.88 Å². The molecule has 1 heterocycles. The molecule has 98 valence electrons. The number of nitrogens with zero attached hydrogens (tertiary/aromatic N) is 3. The number of carbonyl (C=O) groups is 1. The van der Waals surface area contributed by atoms with Crippen LogP contribution in [0.1, 0.15) is 0 Å². The molecule has 0 aliphatic rings. The number of aromatic nitrogens is 1. The lowest BCUT2D eigenvalue weighted by atomic mass is 10.3. The molecule has 0 atom stereocenters. The van der Waals surface area contributed by atoms with Crippen molar-refractivity contribution in [2.75, 3.05) is 38.3 Å². The predicted molar refractivity (Wildman–Crippen MR) is 67.6 cm³/mol. The third-order valence-electron chi connectivity index (χ3n) is 2.20. The van der Waals surface area contributed by atoms with E-state index in [2.05, 4.69) is 15.6 Å². The Hall–Kier alpha value is -2.38. The first kappa shape index (κ1) is 13.7. The number of pyridine rings is 1. The molecule has 2 N–H and O–H groups in total. The number of rotatable bonds is 5. The third-order valence-corrected chi connectivity index (χ3v) is 2.20. The molecule has 0 spiro atoms. The van der Waals surface area contributed by atoms with Gasteiger partial charge in [0.15, 0.2) is 0 Å². The summed E-state index contributed by atoms with van der Waals surface area (Å²) in [6.45, 7) is 0.0321. The van der Waals surface area contributed by atoms with Crippen LogP contribution < -0.4 is 10.6 Å². The van der Waals surface area contributed by atoms with Gasteiger partial charge in [-0.2, -0.15) is 0 Å². The summed E-state index contributed by atoms with van der Waals surface area (Å²) in [5.41, 5.74) is -0.0887. The zero-order valence-electron chi connectivity index (χ0n) is 10.4. The molecule has 8 nitrogen and oxygen atoms in total. The second-order valence-corrected chi connectivity index (χ2v) is 3.74. The highest BCUT2D eigenvalue weighted by molar-refractivity contribution is 5.80. The number of nitrogens with one attached hydrogen (secondary N) is 2. The van der Waals surface area contributed by atoms with Crippen LogP contribution in [0.5, 0.6) is 0 Å². The summed E-state index contributed by atoms with van der Waals surface area (Å²) in [4.78, 5) is 27.1. The average molecular weight is 253 g/mol. The van der Waals surface area contributed by atoms with E-state index in [0.29, 0.717) is 5.82 Å². The van der Waals surface area contributed by atoms with Gasteiger partial charge in [-0.25, -0.2) is 4.98 Å². The van der Waals surface area contributed by atoms with Crippen molar-refractivity contribution in [2.24, 2.45) is 0 Å². The lowest BCUT2D eigenvalue weighted by molar-refractivity contribution is -0.384. The fraction of sp³-hybridized carbons (Fsp3) is 0.400. The van der Waals surface area contributed by atoms with Crippen LogP contribution in [0.3, 0.4) is 0 Å². The van der Waals surface area contributed by atoms with Crippen LogP contribution in [0.25, 0.3) is 0 Å². The molecule has 0 radical (unpaired) electrons. The Balaban J connectivity index is 2.85. The molecule has 0 bridgehead atoms. The number of hydrogen-bond donors (Lipinski definition) is 2. The Kier molecular flexibility index (Phi) is 4.41. The predicted octanol–water partition coefficient (Wildman–Crippen LogP) is 0.532. The fourth-order valence-corrected chi connectivity index (χ4v) is 1.16. The first-order valence-corrected chi connectivity index (χ1v) is 5.22. The van der Waals surface area contributed by atoms with Crippen LogP contribution >= 0.6 is 0 Å². The van der Waals surface area contributed by atoms with Crippen LogP contribution in [-0.4, -0.2) is 48.4 Å². The summed E-state index contributed by atoms with van der Waals surface area (Å²) in [5.74, 6) is 0.502.